The van der Waals surface area contributed by atoms with Crippen molar-refractivity contribution in [3.8, 4) is 0 Å². The maximum absolute atomic E-state index is 11.7. The first-order valence-corrected chi connectivity index (χ1v) is 8.02. The second-order valence-corrected chi connectivity index (χ2v) is 6.59. The average Bonchev–Trinajstić information content (AvgIpc) is 3.23. The third kappa shape index (κ3) is 6.20. The van der Waals surface area contributed by atoms with E-state index in [9.17, 15) is 4.79 Å². The summed E-state index contributed by atoms with van der Waals surface area (Å²) in [6, 6.07) is 0. The number of amides is 1. The van der Waals surface area contributed by atoms with Crippen LogP contribution in [0.2, 0.25) is 0 Å². The van der Waals surface area contributed by atoms with E-state index in [2.05, 4.69) is 34.4 Å². The molecule has 0 aromatic rings. The number of nitrogens with zero attached hydrogens (tertiary/aromatic N) is 2. The zero-order chi connectivity index (χ0) is 14.4. The quantitative estimate of drug-likeness (QED) is 0.657. The minimum atomic E-state index is 0.135. The Bertz CT molecular complexity index is 298. The topological polar surface area (TPSA) is 47.6 Å². The Morgan fingerprint density at radius 3 is 2.60 bits per heavy atom. The van der Waals surface area contributed by atoms with Gasteiger partial charge in [0.1, 0.15) is 0 Å². The van der Waals surface area contributed by atoms with Gasteiger partial charge in [-0.3, -0.25) is 4.79 Å². The van der Waals surface area contributed by atoms with Crippen molar-refractivity contribution in [2.24, 2.45) is 11.8 Å². The summed E-state index contributed by atoms with van der Waals surface area (Å²) in [4.78, 5) is 16.6. The molecule has 1 heterocycles. The van der Waals surface area contributed by atoms with Crippen LogP contribution in [0.5, 0.6) is 0 Å². The summed E-state index contributed by atoms with van der Waals surface area (Å²) in [6.45, 7) is 10.2. The molecule has 1 aliphatic heterocycles. The molecule has 20 heavy (non-hydrogen) atoms. The number of rotatable bonds is 8. The van der Waals surface area contributed by atoms with E-state index in [4.69, 9.17) is 0 Å². The van der Waals surface area contributed by atoms with Gasteiger partial charge in [-0.05, 0) is 38.3 Å². The van der Waals surface area contributed by atoms with Gasteiger partial charge in [0.2, 0.25) is 5.91 Å². The molecule has 0 spiro atoms. The van der Waals surface area contributed by atoms with Crippen molar-refractivity contribution in [2.75, 3.05) is 59.4 Å². The van der Waals surface area contributed by atoms with Gasteiger partial charge in [-0.15, -0.1) is 0 Å². The van der Waals surface area contributed by atoms with E-state index in [1.54, 1.807) is 0 Å². The van der Waals surface area contributed by atoms with Crippen molar-refractivity contribution in [3.63, 3.8) is 0 Å². The van der Waals surface area contributed by atoms with Crippen LogP contribution in [0.1, 0.15) is 19.8 Å². The molecule has 1 saturated heterocycles. The van der Waals surface area contributed by atoms with Gasteiger partial charge in [0, 0.05) is 39.3 Å². The van der Waals surface area contributed by atoms with E-state index in [1.165, 1.54) is 12.8 Å². The zero-order valence-electron chi connectivity index (χ0n) is 13.0. The predicted octanol–water partition coefficient (Wildman–Crippen LogP) is -0.0143. The highest BCUT2D eigenvalue weighted by atomic mass is 16.1. The van der Waals surface area contributed by atoms with E-state index in [-0.39, 0.29) is 5.91 Å². The van der Waals surface area contributed by atoms with Gasteiger partial charge in [0.25, 0.3) is 0 Å². The number of carbonyl (C=O) groups excluding carboxylic acids is 1. The SMILES string of the molecule is CC(CNC(=O)CNCC1CC1)CN1CCN(C)CC1. The smallest absolute Gasteiger partial charge is 0.233 e. The first-order valence-electron chi connectivity index (χ1n) is 8.02. The van der Waals surface area contributed by atoms with Gasteiger partial charge in [0.15, 0.2) is 0 Å². The van der Waals surface area contributed by atoms with Crippen molar-refractivity contribution in [3.05, 3.63) is 0 Å². The number of piperazine rings is 1. The highest BCUT2D eigenvalue weighted by molar-refractivity contribution is 5.77. The molecule has 2 aliphatic rings. The minimum Gasteiger partial charge on any atom is -0.355 e. The van der Waals surface area contributed by atoms with E-state index in [0.29, 0.717) is 12.5 Å². The van der Waals surface area contributed by atoms with Crippen molar-refractivity contribution >= 4 is 5.91 Å². The third-order valence-corrected chi connectivity index (χ3v) is 4.23. The van der Waals surface area contributed by atoms with Crippen LogP contribution < -0.4 is 10.6 Å². The van der Waals surface area contributed by atoms with E-state index in [0.717, 1.165) is 51.7 Å². The fourth-order valence-electron chi connectivity index (χ4n) is 2.60. The molecule has 5 nitrogen and oxygen atoms in total. The van der Waals surface area contributed by atoms with Gasteiger partial charge in [-0.25, -0.2) is 0 Å². The molecule has 1 unspecified atom stereocenters. The fraction of sp³-hybridized carbons (Fsp3) is 0.933. The van der Waals surface area contributed by atoms with Gasteiger partial charge >= 0.3 is 0 Å². The summed E-state index contributed by atoms with van der Waals surface area (Å²) >= 11 is 0. The lowest BCUT2D eigenvalue weighted by atomic mass is 10.1. The molecule has 0 aromatic carbocycles. The normalized spacial score (nSPS) is 22.7. The molecule has 2 rings (SSSR count). The van der Waals surface area contributed by atoms with Crippen LogP contribution in [0.4, 0.5) is 0 Å². The summed E-state index contributed by atoms with van der Waals surface area (Å²) in [6.07, 6.45) is 2.66. The molecule has 116 valence electrons. The van der Waals surface area contributed by atoms with Gasteiger partial charge in [-0.1, -0.05) is 6.92 Å². The van der Waals surface area contributed by atoms with E-state index >= 15 is 0 Å². The fourth-order valence-corrected chi connectivity index (χ4v) is 2.60. The lowest BCUT2D eigenvalue weighted by Crippen LogP contribution is -2.47. The summed E-state index contributed by atoms with van der Waals surface area (Å²) < 4.78 is 0. The first-order chi connectivity index (χ1) is 9.63. The molecule has 1 atom stereocenters. The summed E-state index contributed by atoms with van der Waals surface area (Å²) in [5.74, 6) is 1.49. The molecule has 2 N–H and O–H groups in total. The van der Waals surface area contributed by atoms with Crippen LogP contribution in [-0.4, -0.2) is 75.1 Å². The molecule has 2 fully saturated rings. The van der Waals surface area contributed by atoms with Crippen molar-refractivity contribution in [2.45, 2.75) is 19.8 Å². The summed E-state index contributed by atoms with van der Waals surface area (Å²) in [5, 5.41) is 6.27. The Kier molecular flexibility index (Phi) is 6.26. The van der Waals surface area contributed by atoms with Crippen molar-refractivity contribution in [1.29, 1.82) is 0 Å². The average molecular weight is 282 g/mol. The van der Waals surface area contributed by atoms with Crippen LogP contribution in [0.25, 0.3) is 0 Å². The van der Waals surface area contributed by atoms with Crippen LogP contribution in [0.15, 0.2) is 0 Å². The van der Waals surface area contributed by atoms with E-state index < -0.39 is 0 Å². The van der Waals surface area contributed by atoms with Crippen LogP contribution in [-0.2, 0) is 4.79 Å². The molecule has 0 radical (unpaired) electrons. The number of hydrogen-bond donors (Lipinski definition) is 2. The maximum Gasteiger partial charge on any atom is 0.233 e. The maximum atomic E-state index is 11.7. The minimum absolute atomic E-state index is 0.135. The first kappa shape index (κ1) is 15.7. The molecule has 1 saturated carbocycles. The third-order valence-electron chi connectivity index (χ3n) is 4.23. The number of carbonyl (C=O) groups is 1. The monoisotopic (exact) mass is 282 g/mol. The van der Waals surface area contributed by atoms with Crippen LogP contribution in [0.3, 0.4) is 0 Å². The largest absolute Gasteiger partial charge is 0.355 e. The lowest BCUT2D eigenvalue weighted by molar-refractivity contribution is -0.120. The second kappa shape index (κ2) is 7.96. The molecule has 1 aliphatic carbocycles. The molecule has 0 aromatic heterocycles. The molecule has 5 heteroatoms. The molecule has 1 amide bonds. The van der Waals surface area contributed by atoms with Gasteiger partial charge in [0.05, 0.1) is 6.54 Å². The van der Waals surface area contributed by atoms with Crippen molar-refractivity contribution in [1.82, 2.24) is 20.4 Å². The summed E-state index contributed by atoms with van der Waals surface area (Å²) in [7, 11) is 2.18. The summed E-state index contributed by atoms with van der Waals surface area (Å²) in [5.41, 5.74) is 0. The van der Waals surface area contributed by atoms with Gasteiger partial charge in [-0.2, -0.15) is 0 Å². The number of likely N-dealkylation sites (N-methyl/N-ethyl adjacent to an activating group) is 1. The molecular formula is C15H30N4O. The highest BCUT2D eigenvalue weighted by Crippen LogP contribution is 2.27. The predicted molar refractivity (Wildman–Crippen MR) is 81.7 cm³/mol. The van der Waals surface area contributed by atoms with E-state index in [1.807, 2.05) is 0 Å². The van der Waals surface area contributed by atoms with Crippen LogP contribution in [0, 0.1) is 11.8 Å². The molecule has 0 bridgehead atoms. The van der Waals surface area contributed by atoms with Gasteiger partial charge < -0.3 is 20.4 Å². The van der Waals surface area contributed by atoms with Crippen molar-refractivity contribution < 1.29 is 4.79 Å². The number of nitrogens with one attached hydrogen (secondary N) is 2. The standard InChI is InChI=1S/C15H30N4O/c1-13(12-19-7-5-18(2)6-8-19)9-17-15(20)11-16-10-14-3-4-14/h13-14,16H,3-12H2,1-2H3,(H,17,20). The highest BCUT2D eigenvalue weighted by Gasteiger charge is 2.20. The Hall–Kier alpha value is -0.650. The number of hydrogen-bond acceptors (Lipinski definition) is 4. The second-order valence-electron chi connectivity index (χ2n) is 6.59. The Morgan fingerprint density at radius 2 is 1.95 bits per heavy atom. The Balaban J connectivity index is 1.50. The molecular weight excluding hydrogens is 252 g/mol. The lowest BCUT2D eigenvalue weighted by Gasteiger charge is -2.33. The Labute approximate surface area is 123 Å². The Morgan fingerprint density at radius 1 is 1.25 bits per heavy atom. The van der Waals surface area contributed by atoms with Crippen LogP contribution >= 0.6 is 0 Å². The zero-order valence-corrected chi connectivity index (χ0v) is 13.0.